The van der Waals surface area contributed by atoms with Crippen molar-refractivity contribution in [2.24, 2.45) is 0 Å². The number of sulfonamides is 1. The minimum absolute atomic E-state index is 0.0945. The number of aryl methyl sites for hydroxylation is 1. The molecule has 1 aromatic heterocycles. The van der Waals surface area contributed by atoms with Crippen LogP contribution in [0.2, 0.25) is 0 Å². The number of carbonyl (C=O) groups is 2. The molecular formula is C23H24N4O6S. The number of amides is 2. The molecule has 0 radical (unpaired) electrons. The molecule has 0 aliphatic carbocycles. The number of anilines is 1. The third-order valence-electron chi connectivity index (χ3n) is 4.75. The average Bonchev–Trinajstić information content (AvgIpc) is 2.80. The quantitative estimate of drug-likeness (QED) is 0.475. The van der Waals surface area contributed by atoms with E-state index >= 15 is 0 Å². The minimum atomic E-state index is -3.94. The standard InChI is InChI=1S/C23H24N4O6S/c1-16(28)26-34(31,32)20-11-7-18(8-12-20)24-22(29)4-3-15-27-23(30)14-13-21(25-27)17-5-9-19(33-2)10-6-17/h5-14H,3-4,15H2,1-2H3,(H,24,29)(H,26,28). The molecule has 0 fully saturated rings. The van der Waals surface area contributed by atoms with Gasteiger partial charge in [-0.05, 0) is 61.0 Å². The summed E-state index contributed by atoms with van der Waals surface area (Å²) in [5.41, 5.74) is 1.59. The first-order valence-corrected chi connectivity index (χ1v) is 11.8. The third-order valence-corrected chi connectivity index (χ3v) is 6.20. The molecule has 34 heavy (non-hydrogen) atoms. The van der Waals surface area contributed by atoms with Crippen molar-refractivity contribution in [2.75, 3.05) is 12.4 Å². The molecule has 2 amide bonds. The van der Waals surface area contributed by atoms with Gasteiger partial charge in [-0.15, -0.1) is 0 Å². The third kappa shape index (κ3) is 6.51. The van der Waals surface area contributed by atoms with Gasteiger partial charge in [0, 0.05) is 37.2 Å². The summed E-state index contributed by atoms with van der Waals surface area (Å²) >= 11 is 0. The van der Waals surface area contributed by atoms with Crippen LogP contribution in [0.3, 0.4) is 0 Å². The number of benzene rings is 2. The van der Waals surface area contributed by atoms with Crippen LogP contribution in [0.4, 0.5) is 5.69 Å². The van der Waals surface area contributed by atoms with Crippen LogP contribution in [0.5, 0.6) is 5.75 Å². The van der Waals surface area contributed by atoms with E-state index in [4.69, 9.17) is 4.74 Å². The maximum atomic E-state index is 12.3. The summed E-state index contributed by atoms with van der Waals surface area (Å²) in [5.74, 6) is -0.274. The molecule has 0 spiro atoms. The fraction of sp³-hybridized carbons (Fsp3) is 0.217. The lowest BCUT2D eigenvalue weighted by atomic mass is 10.1. The molecule has 0 bridgehead atoms. The van der Waals surface area contributed by atoms with Gasteiger partial charge >= 0.3 is 0 Å². The lowest BCUT2D eigenvalue weighted by Crippen LogP contribution is -2.28. The number of carbonyl (C=O) groups excluding carboxylic acids is 2. The Hall–Kier alpha value is -3.99. The highest BCUT2D eigenvalue weighted by Crippen LogP contribution is 2.19. The Morgan fingerprint density at radius 1 is 1.00 bits per heavy atom. The lowest BCUT2D eigenvalue weighted by Gasteiger charge is -2.09. The van der Waals surface area contributed by atoms with E-state index in [-0.39, 0.29) is 29.3 Å². The van der Waals surface area contributed by atoms with Crippen molar-refractivity contribution in [3.8, 4) is 17.0 Å². The van der Waals surface area contributed by atoms with E-state index in [1.54, 1.807) is 25.3 Å². The molecule has 0 unspecified atom stereocenters. The highest BCUT2D eigenvalue weighted by molar-refractivity contribution is 7.90. The molecule has 2 aromatic carbocycles. The summed E-state index contributed by atoms with van der Waals surface area (Å²) < 4.78 is 32.3. The highest BCUT2D eigenvalue weighted by atomic mass is 32.2. The van der Waals surface area contributed by atoms with E-state index in [2.05, 4.69) is 10.4 Å². The van der Waals surface area contributed by atoms with Gasteiger partial charge in [-0.25, -0.2) is 17.8 Å². The molecule has 0 saturated carbocycles. The van der Waals surface area contributed by atoms with Crippen LogP contribution in [0.1, 0.15) is 19.8 Å². The predicted molar refractivity (Wildman–Crippen MR) is 126 cm³/mol. The van der Waals surface area contributed by atoms with Crippen LogP contribution >= 0.6 is 0 Å². The molecule has 0 atom stereocenters. The van der Waals surface area contributed by atoms with Gasteiger partial charge in [0.1, 0.15) is 5.75 Å². The second-order valence-corrected chi connectivity index (χ2v) is 9.03. The Morgan fingerprint density at radius 3 is 2.29 bits per heavy atom. The van der Waals surface area contributed by atoms with Crippen molar-refractivity contribution in [3.05, 3.63) is 71.0 Å². The molecule has 3 aromatic rings. The summed E-state index contributed by atoms with van der Waals surface area (Å²) in [4.78, 5) is 35.3. The molecule has 0 aliphatic rings. The second kappa shape index (κ2) is 10.8. The second-order valence-electron chi connectivity index (χ2n) is 7.35. The van der Waals surface area contributed by atoms with E-state index < -0.39 is 15.9 Å². The van der Waals surface area contributed by atoms with Gasteiger partial charge in [-0.2, -0.15) is 5.10 Å². The fourth-order valence-corrected chi connectivity index (χ4v) is 4.09. The molecule has 1 heterocycles. The summed E-state index contributed by atoms with van der Waals surface area (Å²) in [6.07, 6.45) is 0.507. The van der Waals surface area contributed by atoms with E-state index in [1.807, 2.05) is 16.9 Å². The van der Waals surface area contributed by atoms with E-state index in [1.165, 1.54) is 35.0 Å². The van der Waals surface area contributed by atoms with E-state index in [9.17, 15) is 22.8 Å². The summed E-state index contributed by atoms with van der Waals surface area (Å²) in [6.45, 7) is 1.36. The molecule has 11 heteroatoms. The number of methoxy groups -OCH3 is 1. The lowest BCUT2D eigenvalue weighted by molar-refractivity contribution is -0.117. The average molecular weight is 485 g/mol. The van der Waals surface area contributed by atoms with Gasteiger partial charge < -0.3 is 10.1 Å². The Kier molecular flexibility index (Phi) is 7.79. The zero-order chi connectivity index (χ0) is 24.7. The number of aromatic nitrogens is 2. The Labute approximate surface area is 196 Å². The van der Waals surface area contributed by atoms with Gasteiger partial charge in [0.15, 0.2) is 0 Å². The van der Waals surface area contributed by atoms with Crippen LogP contribution < -0.4 is 20.3 Å². The maximum absolute atomic E-state index is 12.3. The molecule has 0 saturated heterocycles. The summed E-state index contributed by atoms with van der Waals surface area (Å²) in [6, 6.07) is 15.8. The number of hydrogen-bond donors (Lipinski definition) is 2. The van der Waals surface area contributed by atoms with Crippen molar-refractivity contribution in [3.63, 3.8) is 0 Å². The summed E-state index contributed by atoms with van der Waals surface area (Å²) in [7, 11) is -2.36. The largest absolute Gasteiger partial charge is 0.497 e. The molecule has 2 N–H and O–H groups in total. The SMILES string of the molecule is COc1ccc(-c2ccc(=O)n(CCCC(=O)Nc3ccc(S(=O)(=O)NC(C)=O)cc3)n2)cc1. The van der Waals surface area contributed by atoms with Crippen molar-refractivity contribution in [1.82, 2.24) is 14.5 Å². The van der Waals surface area contributed by atoms with Crippen LogP contribution in [0.25, 0.3) is 11.3 Å². The van der Waals surface area contributed by atoms with Gasteiger partial charge in [0.25, 0.3) is 15.6 Å². The van der Waals surface area contributed by atoms with Crippen molar-refractivity contribution >= 4 is 27.5 Å². The maximum Gasteiger partial charge on any atom is 0.266 e. The Bertz CT molecular complexity index is 1330. The van der Waals surface area contributed by atoms with E-state index in [0.717, 1.165) is 12.5 Å². The Morgan fingerprint density at radius 2 is 1.68 bits per heavy atom. The minimum Gasteiger partial charge on any atom is -0.497 e. The van der Waals surface area contributed by atoms with Gasteiger partial charge in [0.2, 0.25) is 11.8 Å². The first kappa shape index (κ1) is 24.6. The number of ether oxygens (including phenoxy) is 1. The van der Waals surface area contributed by atoms with Crippen LogP contribution in [-0.2, 0) is 26.2 Å². The first-order valence-electron chi connectivity index (χ1n) is 10.3. The number of nitrogens with one attached hydrogen (secondary N) is 2. The van der Waals surface area contributed by atoms with Crippen molar-refractivity contribution < 1.29 is 22.7 Å². The molecule has 3 rings (SSSR count). The Balaban J connectivity index is 1.56. The monoisotopic (exact) mass is 484 g/mol. The van der Waals surface area contributed by atoms with Crippen LogP contribution in [0, 0.1) is 0 Å². The molecule has 10 nitrogen and oxygen atoms in total. The first-order chi connectivity index (χ1) is 16.2. The molecule has 0 aliphatic heterocycles. The van der Waals surface area contributed by atoms with Gasteiger partial charge in [-0.3, -0.25) is 14.4 Å². The smallest absolute Gasteiger partial charge is 0.266 e. The van der Waals surface area contributed by atoms with E-state index in [0.29, 0.717) is 23.6 Å². The fourth-order valence-electron chi connectivity index (χ4n) is 3.10. The predicted octanol–water partition coefficient (Wildman–Crippen LogP) is 2.16. The normalized spacial score (nSPS) is 11.0. The van der Waals surface area contributed by atoms with Crippen molar-refractivity contribution in [1.29, 1.82) is 0 Å². The van der Waals surface area contributed by atoms with Crippen molar-refractivity contribution in [2.45, 2.75) is 31.2 Å². The van der Waals surface area contributed by atoms with Gasteiger partial charge in [0.05, 0.1) is 17.7 Å². The molecule has 178 valence electrons. The van der Waals surface area contributed by atoms with Crippen LogP contribution in [0.15, 0.2) is 70.4 Å². The summed E-state index contributed by atoms with van der Waals surface area (Å²) in [5, 5.41) is 7.05. The van der Waals surface area contributed by atoms with Crippen LogP contribution in [-0.4, -0.2) is 37.1 Å². The number of rotatable bonds is 9. The molecular weight excluding hydrogens is 460 g/mol. The number of nitrogens with zero attached hydrogens (tertiary/aromatic N) is 2. The van der Waals surface area contributed by atoms with Gasteiger partial charge in [-0.1, -0.05) is 0 Å². The zero-order valence-electron chi connectivity index (χ0n) is 18.6. The zero-order valence-corrected chi connectivity index (χ0v) is 19.5. The number of hydrogen-bond acceptors (Lipinski definition) is 7. The topological polar surface area (TPSA) is 136 Å². The highest BCUT2D eigenvalue weighted by Gasteiger charge is 2.15.